The zero-order valence-electron chi connectivity index (χ0n) is 11.8. The van der Waals surface area contributed by atoms with Crippen molar-refractivity contribution < 1.29 is 9.53 Å². The van der Waals surface area contributed by atoms with Crippen LogP contribution in [0.15, 0.2) is 12.1 Å². The van der Waals surface area contributed by atoms with Gasteiger partial charge in [-0.05, 0) is 43.8 Å². The maximum atomic E-state index is 12.1. The van der Waals surface area contributed by atoms with Gasteiger partial charge in [-0.1, -0.05) is 0 Å². The first-order valence-electron chi connectivity index (χ1n) is 6.39. The number of fused-ring (bicyclic) bond motifs is 1. The molecule has 0 fully saturated rings. The smallest absolute Gasteiger partial charge is 0.237 e. The molecule has 5 nitrogen and oxygen atoms in total. The average molecular weight is 263 g/mol. The number of benzene rings is 1. The van der Waals surface area contributed by atoms with Crippen LogP contribution in [-0.4, -0.2) is 50.0 Å². The van der Waals surface area contributed by atoms with Gasteiger partial charge in [-0.2, -0.15) is 0 Å². The van der Waals surface area contributed by atoms with Crippen molar-refractivity contribution in [2.45, 2.75) is 13.0 Å². The monoisotopic (exact) mass is 263 g/mol. The molecule has 0 bridgehead atoms. The molecule has 5 heteroatoms. The van der Waals surface area contributed by atoms with Crippen LogP contribution in [-0.2, 0) is 17.8 Å². The summed E-state index contributed by atoms with van der Waals surface area (Å²) in [6.07, 6.45) is 0.852. The molecule has 2 N–H and O–H groups in total. The Morgan fingerprint density at radius 1 is 1.42 bits per heavy atom. The fourth-order valence-corrected chi connectivity index (χ4v) is 2.37. The van der Waals surface area contributed by atoms with Crippen LogP contribution in [0.5, 0.6) is 5.75 Å². The number of ether oxygens (including phenoxy) is 1. The van der Waals surface area contributed by atoms with Gasteiger partial charge in [0, 0.05) is 13.1 Å². The third-order valence-corrected chi connectivity index (χ3v) is 3.37. The molecular formula is C14H21N3O2. The van der Waals surface area contributed by atoms with E-state index in [1.54, 1.807) is 7.11 Å². The molecule has 19 heavy (non-hydrogen) atoms. The minimum absolute atomic E-state index is 0.157. The minimum Gasteiger partial charge on any atom is -0.495 e. The lowest BCUT2D eigenvalue weighted by atomic mass is 9.98. The summed E-state index contributed by atoms with van der Waals surface area (Å²) in [6, 6.07) is 3.90. The highest BCUT2D eigenvalue weighted by molar-refractivity contribution is 5.78. The maximum Gasteiger partial charge on any atom is 0.237 e. The van der Waals surface area contributed by atoms with E-state index < -0.39 is 0 Å². The van der Waals surface area contributed by atoms with Crippen molar-refractivity contribution in [2.24, 2.45) is 0 Å². The Morgan fingerprint density at radius 3 is 2.79 bits per heavy atom. The SMILES string of the molecule is COc1cc2c(cc1N)CN(C(=O)CN(C)C)CC2. The van der Waals surface area contributed by atoms with Crippen LogP contribution in [0, 0.1) is 0 Å². The maximum absolute atomic E-state index is 12.1. The van der Waals surface area contributed by atoms with Crippen molar-refractivity contribution in [1.29, 1.82) is 0 Å². The van der Waals surface area contributed by atoms with Crippen molar-refractivity contribution in [1.82, 2.24) is 9.80 Å². The van der Waals surface area contributed by atoms with E-state index in [2.05, 4.69) is 0 Å². The Labute approximate surface area is 113 Å². The van der Waals surface area contributed by atoms with E-state index in [1.165, 1.54) is 5.56 Å². The summed E-state index contributed by atoms with van der Waals surface area (Å²) in [7, 11) is 5.42. The van der Waals surface area contributed by atoms with Crippen LogP contribution in [0.25, 0.3) is 0 Å². The fourth-order valence-electron chi connectivity index (χ4n) is 2.37. The lowest BCUT2D eigenvalue weighted by Crippen LogP contribution is -2.40. The predicted octanol–water partition coefficient (Wildman–Crippen LogP) is 0.724. The fraction of sp³-hybridized carbons (Fsp3) is 0.500. The molecule has 0 saturated carbocycles. The average Bonchev–Trinajstić information content (AvgIpc) is 2.36. The zero-order chi connectivity index (χ0) is 14.0. The quantitative estimate of drug-likeness (QED) is 0.817. The number of anilines is 1. The summed E-state index contributed by atoms with van der Waals surface area (Å²) >= 11 is 0. The van der Waals surface area contributed by atoms with Crippen molar-refractivity contribution in [2.75, 3.05) is 40.0 Å². The molecule has 0 aliphatic carbocycles. The minimum atomic E-state index is 0.157. The molecule has 0 spiro atoms. The molecule has 1 aliphatic heterocycles. The second-order valence-electron chi connectivity index (χ2n) is 5.17. The number of nitrogens with zero attached hydrogens (tertiary/aromatic N) is 2. The normalized spacial score (nSPS) is 14.4. The van der Waals surface area contributed by atoms with Crippen LogP contribution in [0.4, 0.5) is 5.69 Å². The molecule has 1 heterocycles. The second-order valence-corrected chi connectivity index (χ2v) is 5.17. The number of nitrogens with two attached hydrogens (primary N) is 1. The number of carbonyl (C=O) groups is 1. The van der Waals surface area contributed by atoms with Gasteiger partial charge >= 0.3 is 0 Å². The number of likely N-dealkylation sites (N-methyl/N-ethyl adjacent to an activating group) is 1. The van der Waals surface area contributed by atoms with E-state index in [1.807, 2.05) is 36.0 Å². The second kappa shape index (κ2) is 5.48. The van der Waals surface area contributed by atoms with Crippen molar-refractivity contribution >= 4 is 11.6 Å². The van der Waals surface area contributed by atoms with Gasteiger partial charge in [0.05, 0.1) is 19.3 Å². The van der Waals surface area contributed by atoms with E-state index in [4.69, 9.17) is 10.5 Å². The molecule has 1 aromatic carbocycles. The lowest BCUT2D eigenvalue weighted by Gasteiger charge is -2.30. The Hall–Kier alpha value is -1.75. The van der Waals surface area contributed by atoms with Crippen LogP contribution in [0.2, 0.25) is 0 Å². The summed E-state index contributed by atoms with van der Waals surface area (Å²) in [5.41, 5.74) is 8.89. The highest BCUT2D eigenvalue weighted by Crippen LogP contribution is 2.29. The number of methoxy groups -OCH3 is 1. The summed E-state index contributed by atoms with van der Waals surface area (Å²) in [4.78, 5) is 15.8. The van der Waals surface area contributed by atoms with E-state index >= 15 is 0 Å². The van der Waals surface area contributed by atoms with Gasteiger partial charge in [-0.15, -0.1) is 0 Å². The number of carbonyl (C=O) groups excluding carboxylic acids is 1. The summed E-state index contributed by atoms with van der Waals surface area (Å²) in [6.45, 7) is 1.84. The molecule has 1 aromatic rings. The van der Waals surface area contributed by atoms with Gasteiger partial charge in [-0.3, -0.25) is 4.79 Å². The van der Waals surface area contributed by atoms with E-state index in [9.17, 15) is 4.79 Å². The Balaban J connectivity index is 2.16. The molecular weight excluding hydrogens is 242 g/mol. The van der Waals surface area contributed by atoms with Crippen LogP contribution in [0.1, 0.15) is 11.1 Å². The molecule has 1 aliphatic rings. The molecule has 1 amide bonds. The summed E-state index contributed by atoms with van der Waals surface area (Å²) in [5.74, 6) is 0.872. The van der Waals surface area contributed by atoms with Gasteiger partial charge in [0.25, 0.3) is 0 Å². The molecule has 0 unspecified atom stereocenters. The van der Waals surface area contributed by atoms with Crippen LogP contribution < -0.4 is 10.5 Å². The predicted molar refractivity (Wildman–Crippen MR) is 75.1 cm³/mol. The highest BCUT2D eigenvalue weighted by atomic mass is 16.5. The van der Waals surface area contributed by atoms with E-state index in [-0.39, 0.29) is 5.91 Å². The lowest BCUT2D eigenvalue weighted by molar-refractivity contribution is -0.132. The zero-order valence-corrected chi connectivity index (χ0v) is 11.8. The van der Waals surface area contributed by atoms with E-state index in [0.717, 1.165) is 18.5 Å². The Morgan fingerprint density at radius 2 is 2.16 bits per heavy atom. The van der Waals surface area contributed by atoms with Gasteiger partial charge in [-0.25, -0.2) is 0 Å². The standard InChI is InChI=1S/C14H21N3O2/c1-16(2)9-14(18)17-5-4-10-7-13(19-3)12(15)6-11(10)8-17/h6-7H,4-5,8-9,15H2,1-3H3. The number of amides is 1. The number of hydrogen-bond acceptors (Lipinski definition) is 4. The van der Waals surface area contributed by atoms with Crippen LogP contribution >= 0.6 is 0 Å². The van der Waals surface area contributed by atoms with Gasteiger partial charge in [0.15, 0.2) is 0 Å². The van der Waals surface area contributed by atoms with Crippen molar-refractivity contribution in [3.8, 4) is 5.75 Å². The number of hydrogen-bond donors (Lipinski definition) is 1. The molecule has 0 radical (unpaired) electrons. The number of nitrogen functional groups attached to an aromatic ring is 1. The molecule has 104 valence electrons. The van der Waals surface area contributed by atoms with E-state index in [0.29, 0.717) is 24.5 Å². The van der Waals surface area contributed by atoms with Crippen LogP contribution in [0.3, 0.4) is 0 Å². The highest BCUT2D eigenvalue weighted by Gasteiger charge is 2.22. The molecule has 0 atom stereocenters. The van der Waals surface area contributed by atoms with Gasteiger partial charge in [0.1, 0.15) is 5.75 Å². The topological polar surface area (TPSA) is 58.8 Å². The molecule has 0 saturated heterocycles. The van der Waals surface area contributed by atoms with Gasteiger partial charge in [0.2, 0.25) is 5.91 Å². The summed E-state index contributed by atoms with van der Waals surface area (Å²) < 4.78 is 5.23. The largest absolute Gasteiger partial charge is 0.495 e. The van der Waals surface area contributed by atoms with Crippen molar-refractivity contribution in [3.05, 3.63) is 23.3 Å². The molecule has 2 rings (SSSR count). The Kier molecular flexibility index (Phi) is 3.95. The first-order valence-corrected chi connectivity index (χ1v) is 6.39. The first-order chi connectivity index (χ1) is 9.01. The first kappa shape index (κ1) is 13.7. The Bertz CT molecular complexity index is 486. The van der Waals surface area contributed by atoms with Gasteiger partial charge < -0.3 is 20.3 Å². The number of rotatable bonds is 3. The molecule has 0 aromatic heterocycles. The van der Waals surface area contributed by atoms with Crippen molar-refractivity contribution in [3.63, 3.8) is 0 Å². The third kappa shape index (κ3) is 2.98. The third-order valence-electron chi connectivity index (χ3n) is 3.37. The summed E-state index contributed by atoms with van der Waals surface area (Å²) in [5, 5.41) is 0.